The second kappa shape index (κ2) is 9.76. The number of benzene rings is 1. The van der Waals surface area contributed by atoms with Gasteiger partial charge in [-0.1, -0.05) is 18.9 Å². The van der Waals surface area contributed by atoms with E-state index < -0.39 is 0 Å². The molecule has 0 aromatic heterocycles. The first-order chi connectivity index (χ1) is 10.3. The fourth-order valence-electron chi connectivity index (χ4n) is 2.20. The van der Waals surface area contributed by atoms with Crippen LogP contribution in [0.3, 0.4) is 0 Å². The van der Waals surface area contributed by atoms with Gasteiger partial charge in [0.1, 0.15) is 0 Å². The second-order valence-electron chi connectivity index (χ2n) is 5.27. The molecule has 5 nitrogen and oxygen atoms in total. The lowest BCUT2D eigenvalue weighted by Crippen LogP contribution is -2.37. The van der Waals surface area contributed by atoms with E-state index >= 15 is 0 Å². The Labute approximate surface area is 149 Å². The van der Waals surface area contributed by atoms with E-state index in [0.29, 0.717) is 6.54 Å². The second-order valence-corrected chi connectivity index (χ2v) is 5.27. The Balaban J connectivity index is 0.00000242. The molecule has 1 saturated carbocycles. The summed E-state index contributed by atoms with van der Waals surface area (Å²) in [7, 11) is 5.08. The van der Waals surface area contributed by atoms with Crippen LogP contribution in [0.5, 0.6) is 11.5 Å². The molecule has 0 aliphatic heterocycles. The van der Waals surface area contributed by atoms with Gasteiger partial charge in [-0.2, -0.15) is 0 Å². The van der Waals surface area contributed by atoms with Gasteiger partial charge in [0.2, 0.25) is 0 Å². The van der Waals surface area contributed by atoms with Gasteiger partial charge in [-0.15, -0.1) is 24.0 Å². The van der Waals surface area contributed by atoms with E-state index in [4.69, 9.17) is 9.47 Å². The highest BCUT2D eigenvalue weighted by molar-refractivity contribution is 14.0. The molecule has 1 aliphatic rings. The first kappa shape index (κ1) is 18.9. The Morgan fingerprint density at radius 2 is 1.91 bits per heavy atom. The molecule has 0 radical (unpaired) electrons. The molecular weight excluding hydrogens is 393 g/mol. The van der Waals surface area contributed by atoms with Gasteiger partial charge in [0.25, 0.3) is 0 Å². The van der Waals surface area contributed by atoms with Gasteiger partial charge >= 0.3 is 0 Å². The fraction of sp³-hybridized carbons (Fsp3) is 0.562. The highest BCUT2D eigenvalue weighted by Crippen LogP contribution is 2.31. The smallest absolute Gasteiger partial charge is 0.191 e. The number of guanidine groups is 1. The Bertz CT molecular complexity index is 490. The minimum atomic E-state index is 0. The fourth-order valence-corrected chi connectivity index (χ4v) is 2.20. The van der Waals surface area contributed by atoms with Crippen LogP contribution >= 0.6 is 24.0 Å². The lowest BCUT2D eigenvalue weighted by atomic mass is 10.2. The molecule has 1 aromatic rings. The summed E-state index contributed by atoms with van der Waals surface area (Å²) in [5, 5.41) is 6.66. The SMILES string of the molecule is CN=C(NCCC1CC1)NCc1ccc(OC)c(OC)c1.I. The van der Waals surface area contributed by atoms with Crippen LogP contribution in [-0.2, 0) is 6.54 Å². The van der Waals surface area contributed by atoms with Gasteiger partial charge < -0.3 is 20.1 Å². The van der Waals surface area contributed by atoms with Crippen LogP contribution in [0, 0.1) is 5.92 Å². The summed E-state index contributed by atoms with van der Waals surface area (Å²) in [6, 6.07) is 5.91. The Morgan fingerprint density at radius 1 is 1.18 bits per heavy atom. The van der Waals surface area contributed by atoms with Crippen LogP contribution in [0.15, 0.2) is 23.2 Å². The number of halogens is 1. The molecule has 1 aliphatic carbocycles. The zero-order valence-corrected chi connectivity index (χ0v) is 15.8. The number of nitrogens with zero attached hydrogens (tertiary/aromatic N) is 1. The summed E-state index contributed by atoms with van der Waals surface area (Å²) in [4.78, 5) is 4.24. The maximum atomic E-state index is 5.31. The van der Waals surface area contributed by atoms with Crippen molar-refractivity contribution in [3.8, 4) is 11.5 Å². The van der Waals surface area contributed by atoms with Crippen LogP contribution in [-0.4, -0.2) is 33.8 Å². The van der Waals surface area contributed by atoms with Gasteiger partial charge in [-0.3, -0.25) is 4.99 Å². The summed E-state index contributed by atoms with van der Waals surface area (Å²) in [6.07, 6.45) is 4.01. The Morgan fingerprint density at radius 3 is 2.50 bits per heavy atom. The topological polar surface area (TPSA) is 54.9 Å². The molecule has 1 aromatic carbocycles. The van der Waals surface area contributed by atoms with Crippen molar-refractivity contribution in [3.63, 3.8) is 0 Å². The Hall–Kier alpha value is -1.18. The summed E-state index contributed by atoms with van der Waals surface area (Å²) >= 11 is 0. The van der Waals surface area contributed by atoms with Gasteiger partial charge in [-0.25, -0.2) is 0 Å². The maximum absolute atomic E-state index is 5.31. The Kier molecular flexibility index (Phi) is 8.37. The number of ether oxygens (including phenoxy) is 2. The lowest BCUT2D eigenvalue weighted by molar-refractivity contribution is 0.354. The van der Waals surface area contributed by atoms with Crippen LogP contribution in [0.2, 0.25) is 0 Å². The minimum absolute atomic E-state index is 0. The zero-order chi connectivity index (χ0) is 15.1. The number of hydrogen-bond acceptors (Lipinski definition) is 3. The summed E-state index contributed by atoms with van der Waals surface area (Å²) in [6.45, 7) is 1.68. The largest absolute Gasteiger partial charge is 0.493 e. The van der Waals surface area contributed by atoms with Crippen molar-refractivity contribution in [3.05, 3.63) is 23.8 Å². The third-order valence-corrected chi connectivity index (χ3v) is 3.67. The molecule has 0 unspecified atom stereocenters. The molecule has 0 atom stereocenters. The summed E-state index contributed by atoms with van der Waals surface area (Å²) in [5.41, 5.74) is 1.12. The molecule has 0 spiro atoms. The minimum Gasteiger partial charge on any atom is -0.493 e. The highest BCUT2D eigenvalue weighted by atomic mass is 127. The molecular formula is C16H26IN3O2. The van der Waals surface area contributed by atoms with E-state index in [1.165, 1.54) is 19.3 Å². The molecule has 2 N–H and O–H groups in total. The van der Waals surface area contributed by atoms with Crippen LogP contribution in [0.1, 0.15) is 24.8 Å². The first-order valence-electron chi connectivity index (χ1n) is 7.42. The van der Waals surface area contributed by atoms with Gasteiger partial charge in [0.05, 0.1) is 14.2 Å². The van der Waals surface area contributed by atoms with E-state index in [1.807, 2.05) is 18.2 Å². The van der Waals surface area contributed by atoms with Crippen molar-refractivity contribution >= 4 is 29.9 Å². The van der Waals surface area contributed by atoms with E-state index in [9.17, 15) is 0 Å². The highest BCUT2D eigenvalue weighted by Gasteiger charge is 2.20. The van der Waals surface area contributed by atoms with Crippen molar-refractivity contribution in [2.45, 2.75) is 25.8 Å². The monoisotopic (exact) mass is 419 g/mol. The van der Waals surface area contributed by atoms with Crippen molar-refractivity contribution < 1.29 is 9.47 Å². The molecule has 0 saturated heterocycles. The normalized spacial score (nSPS) is 14.0. The predicted molar refractivity (Wildman–Crippen MR) is 101 cm³/mol. The van der Waals surface area contributed by atoms with Crippen molar-refractivity contribution in [1.82, 2.24) is 10.6 Å². The average Bonchev–Trinajstić information content (AvgIpc) is 3.34. The zero-order valence-electron chi connectivity index (χ0n) is 13.5. The van der Waals surface area contributed by atoms with E-state index in [2.05, 4.69) is 15.6 Å². The molecule has 0 amide bonds. The molecule has 2 rings (SSSR count). The van der Waals surface area contributed by atoms with E-state index in [0.717, 1.165) is 35.5 Å². The molecule has 0 bridgehead atoms. The van der Waals surface area contributed by atoms with Crippen LogP contribution in [0.25, 0.3) is 0 Å². The molecule has 0 heterocycles. The third-order valence-electron chi connectivity index (χ3n) is 3.67. The van der Waals surface area contributed by atoms with Crippen molar-refractivity contribution in [2.75, 3.05) is 27.8 Å². The average molecular weight is 419 g/mol. The summed E-state index contributed by atoms with van der Waals surface area (Å²) in [5.74, 6) is 3.26. The maximum Gasteiger partial charge on any atom is 0.191 e. The van der Waals surface area contributed by atoms with Crippen LogP contribution in [0.4, 0.5) is 0 Å². The van der Waals surface area contributed by atoms with E-state index in [-0.39, 0.29) is 24.0 Å². The number of nitrogens with one attached hydrogen (secondary N) is 2. The summed E-state index contributed by atoms with van der Waals surface area (Å²) < 4.78 is 10.5. The standard InChI is InChI=1S/C16H25N3O2.HI/c1-17-16(18-9-8-12-4-5-12)19-11-13-6-7-14(20-2)15(10-13)21-3;/h6-7,10,12H,4-5,8-9,11H2,1-3H3,(H2,17,18,19);1H. The van der Waals surface area contributed by atoms with Gasteiger partial charge in [-0.05, 0) is 30.0 Å². The number of aliphatic imine (C=N–C) groups is 1. The van der Waals surface area contributed by atoms with E-state index in [1.54, 1.807) is 21.3 Å². The quantitative estimate of drug-likeness (QED) is 0.406. The lowest BCUT2D eigenvalue weighted by Gasteiger charge is -2.13. The molecule has 22 heavy (non-hydrogen) atoms. The number of rotatable bonds is 7. The number of methoxy groups -OCH3 is 2. The van der Waals surface area contributed by atoms with Crippen molar-refractivity contribution in [2.24, 2.45) is 10.9 Å². The van der Waals surface area contributed by atoms with Gasteiger partial charge in [0.15, 0.2) is 17.5 Å². The third kappa shape index (κ3) is 5.90. The molecule has 6 heteroatoms. The molecule has 124 valence electrons. The van der Waals surface area contributed by atoms with Gasteiger partial charge in [0, 0.05) is 20.1 Å². The van der Waals surface area contributed by atoms with Crippen LogP contribution < -0.4 is 20.1 Å². The molecule has 1 fully saturated rings. The first-order valence-corrected chi connectivity index (χ1v) is 7.42. The van der Waals surface area contributed by atoms with Crippen molar-refractivity contribution in [1.29, 1.82) is 0 Å². The predicted octanol–water partition coefficient (Wildman–Crippen LogP) is 2.79. The number of hydrogen-bond donors (Lipinski definition) is 2.